The van der Waals surface area contributed by atoms with E-state index < -0.39 is 0 Å². The van der Waals surface area contributed by atoms with E-state index in [1.807, 2.05) is 0 Å². The van der Waals surface area contributed by atoms with Gasteiger partial charge in [-0.25, -0.2) is 0 Å². The van der Waals surface area contributed by atoms with Gasteiger partial charge in [-0.15, -0.1) is 0 Å². The molecule has 140 valence electrons. The molecule has 2 nitrogen and oxygen atoms in total. The number of rotatable bonds is 16. The first-order chi connectivity index (χ1) is 11.0. The van der Waals surface area contributed by atoms with Crippen molar-refractivity contribution in [3.8, 4) is 0 Å². The molecular formula is C21H46N2. The van der Waals surface area contributed by atoms with Crippen LogP contribution in [0.4, 0.5) is 0 Å². The molecule has 0 aliphatic heterocycles. The molecule has 2 heteroatoms. The summed E-state index contributed by atoms with van der Waals surface area (Å²) in [6.45, 7) is 9.49. The number of hydrogen-bond acceptors (Lipinski definition) is 2. The third kappa shape index (κ3) is 16.6. The zero-order valence-corrected chi connectivity index (χ0v) is 16.7. The lowest BCUT2D eigenvalue weighted by atomic mass is 9.85. The second kappa shape index (κ2) is 15.4. The van der Waals surface area contributed by atoms with Crippen LogP contribution in [0.15, 0.2) is 0 Å². The van der Waals surface area contributed by atoms with E-state index in [-0.39, 0.29) is 6.17 Å². The van der Waals surface area contributed by atoms with E-state index in [2.05, 4.69) is 27.7 Å². The quantitative estimate of drug-likeness (QED) is 0.261. The molecule has 0 bridgehead atoms. The Bertz CT molecular complexity index is 238. The van der Waals surface area contributed by atoms with Crippen molar-refractivity contribution in [2.75, 3.05) is 0 Å². The van der Waals surface area contributed by atoms with Crippen molar-refractivity contribution in [3.05, 3.63) is 0 Å². The topological polar surface area (TPSA) is 52.0 Å². The van der Waals surface area contributed by atoms with Crippen molar-refractivity contribution in [2.24, 2.45) is 29.2 Å². The molecular weight excluding hydrogens is 280 g/mol. The Kier molecular flexibility index (Phi) is 15.4. The lowest BCUT2D eigenvalue weighted by Crippen LogP contribution is -2.29. The molecule has 0 saturated carbocycles. The Morgan fingerprint density at radius 1 is 0.652 bits per heavy atom. The molecule has 4 N–H and O–H groups in total. The molecule has 2 unspecified atom stereocenters. The Balaban J connectivity index is 3.85. The highest BCUT2D eigenvalue weighted by atomic mass is 14.8. The van der Waals surface area contributed by atoms with Gasteiger partial charge >= 0.3 is 0 Å². The normalized spacial score (nSPS) is 14.6. The molecule has 0 fully saturated rings. The van der Waals surface area contributed by atoms with Crippen molar-refractivity contribution in [2.45, 2.75) is 117 Å². The lowest BCUT2D eigenvalue weighted by Gasteiger charge is -2.21. The molecule has 0 amide bonds. The molecule has 2 atom stereocenters. The van der Waals surface area contributed by atoms with Crippen molar-refractivity contribution in [1.82, 2.24) is 0 Å². The minimum Gasteiger partial charge on any atom is -0.316 e. The highest BCUT2D eigenvalue weighted by Gasteiger charge is 2.13. The van der Waals surface area contributed by atoms with Crippen LogP contribution in [-0.2, 0) is 0 Å². The van der Waals surface area contributed by atoms with Gasteiger partial charge in [-0.1, -0.05) is 98.3 Å². The molecule has 0 aromatic rings. The van der Waals surface area contributed by atoms with E-state index in [4.69, 9.17) is 11.5 Å². The van der Waals surface area contributed by atoms with Crippen LogP contribution in [-0.4, -0.2) is 6.17 Å². The summed E-state index contributed by atoms with van der Waals surface area (Å²) in [4.78, 5) is 0. The highest BCUT2D eigenvalue weighted by molar-refractivity contribution is 4.65. The molecule has 0 radical (unpaired) electrons. The van der Waals surface area contributed by atoms with Gasteiger partial charge < -0.3 is 11.5 Å². The van der Waals surface area contributed by atoms with Crippen LogP contribution in [0.5, 0.6) is 0 Å². The monoisotopic (exact) mass is 326 g/mol. The lowest BCUT2D eigenvalue weighted by molar-refractivity contribution is 0.314. The maximum absolute atomic E-state index is 5.62. The van der Waals surface area contributed by atoms with E-state index in [1.165, 1.54) is 77.0 Å². The van der Waals surface area contributed by atoms with Gasteiger partial charge in [0.25, 0.3) is 0 Å². The maximum Gasteiger partial charge on any atom is 0.0520 e. The first-order valence-corrected chi connectivity index (χ1v) is 10.5. The van der Waals surface area contributed by atoms with Gasteiger partial charge in [-0.3, -0.25) is 0 Å². The second-order valence-electron chi connectivity index (χ2n) is 8.33. The summed E-state index contributed by atoms with van der Waals surface area (Å²) < 4.78 is 0. The second-order valence-corrected chi connectivity index (χ2v) is 8.33. The summed E-state index contributed by atoms with van der Waals surface area (Å²) in [6, 6.07) is 0. The summed E-state index contributed by atoms with van der Waals surface area (Å²) in [5.74, 6) is 2.67. The molecule has 0 heterocycles. The van der Waals surface area contributed by atoms with Gasteiger partial charge in [0.1, 0.15) is 0 Å². The molecule has 0 spiro atoms. The van der Waals surface area contributed by atoms with Crippen LogP contribution in [0, 0.1) is 17.8 Å². The summed E-state index contributed by atoms with van der Waals surface area (Å²) in [5, 5.41) is 0. The fourth-order valence-electron chi connectivity index (χ4n) is 3.62. The minimum atomic E-state index is -0.116. The number of hydrogen-bond donors (Lipinski definition) is 2. The number of nitrogens with two attached hydrogens (primary N) is 2. The Labute approximate surface area is 147 Å². The summed E-state index contributed by atoms with van der Waals surface area (Å²) >= 11 is 0. The molecule has 0 aromatic carbocycles. The van der Waals surface area contributed by atoms with Crippen LogP contribution < -0.4 is 11.5 Å². The van der Waals surface area contributed by atoms with Crippen LogP contribution in [0.2, 0.25) is 0 Å². The van der Waals surface area contributed by atoms with Gasteiger partial charge in [-0.05, 0) is 30.6 Å². The molecule has 0 aromatic heterocycles. The zero-order valence-electron chi connectivity index (χ0n) is 16.7. The van der Waals surface area contributed by atoms with Crippen LogP contribution in [0.25, 0.3) is 0 Å². The van der Waals surface area contributed by atoms with Crippen molar-refractivity contribution < 1.29 is 0 Å². The van der Waals surface area contributed by atoms with Crippen LogP contribution >= 0.6 is 0 Å². The molecule has 23 heavy (non-hydrogen) atoms. The van der Waals surface area contributed by atoms with E-state index in [0.717, 1.165) is 24.2 Å². The van der Waals surface area contributed by atoms with E-state index in [1.54, 1.807) is 0 Å². The van der Waals surface area contributed by atoms with Gasteiger partial charge in [0.15, 0.2) is 0 Å². The van der Waals surface area contributed by atoms with Crippen molar-refractivity contribution in [1.29, 1.82) is 0 Å². The first kappa shape index (κ1) is 22.9. The highest BCUT2D eigenvalue weighted by Crippen LogP contribution is 2.27. The van der Waals surface area contributed by atoms with Crippen molar-refractivity contribution in [3.63, 3.8) is 0 Å². The van der Waals surface area contributed by atoms with Gasteiger partial charge in [0, 0.05) is 0 Å². The zero-order chi connectivity index (χ0) is 17.5. The summed E-state index contributed by atoms with van der Waals surface area (Å²) in [5.41, 5.74) is 11.2. The van der Waals surface area contributed by atoms with E-state index in [9.17, 15) is 0 Å². The molecule has 0 saturated heterocycles. The Morgan fingerprint density at radius 3 is 1.87 bits per heavy atom. The molecule has 0 aliphatic carbocycles. The third-order valence-electron chi connectivity index (χ3n) is 5.07. The largest absolute Gasteiger partial charge is 0.316 e. The van der Waals surface area contributed by atoms with E-state index in [0.29, 0.717) is 0 Å². The first-order valence-electron chi connectivity index (χ1n) is 10.5. The SMILES string of the molecule is CCCCCCC(C)CCC(CCCCCC(N)N)CC(C)C. The Morgan fingerprint density at radius 2 is 1.26 bits per heavy atom. The predicted molar refractivity (Wildman–Crippen MR) is 105 cm³/mol. The number of unbranched alkanes of at least 4 members (excludes halogenated alkanes) is 5. The summed E-state index contributed by atoms with van der Waals surface area (Å²) in [7, 11) is 0. The molecule has 0 aliphatic rings. The van der Waals surface area contributed by atoms with Gasteiger partial charge in [0.05, 0.1) is 6.17 Å². The Hall–Kier alpha value is -0.0800. The fourth-order valence-corrected chi connectivity index (χ4v) is 3.62. The molecule has 0 rings (SSSR count). The average molecular weight is 327 g/mol. The smallest absolute Gasteiger partial charge is 0.0520 e. The van der Waals surface area contributed by atoms with Gasteiger partial charge in [0.2, 0.25) is 0 Å². The van der Waals surface area contributed by atoms with Gasteiger partial charge in [-0.2, -0.15) is 0 Å². The predicted octanol–water partition coefficient (Wildman–Crippen LogP) is 6.23. The van der Waals surface area contributed by atoms with Crippen LogP contribution in [0.3, 0.4) is 0 Å². The van der Waals surface area contributed by atoms with Crippen LogP contribution in [0.1, 0.15) is 111 Å². The maximum atomic E-state index is 5.62. The fraction of sp³-hybridized carbons (Fsp3) is 1.00. The van der Waals surface area contributed by atoms with E-state index >= 15 is 0 Å². The minimum absolute atomic E-state index is 0.116. The standard InChI is InChI=1S/C21H46N2/c1-5-6-7-9-12-19(4)15-16-20(17-18(2)3)13-10-8-11-14-21(22)23/h18-21H,5-17,22-23H2,1-4H3. The third-order valence-corrected chi connectivity index (χ3v) is 5.07. The average Bonchev–Trinajstić information content (AvgIpc) is 2.47. The van der Waals surface area contributed by atoms with Crippen molar-refractivity contribution >= 4 is 0 Å². The summed E-state index contributed by atoms with van der Waals surface area (Å²) in [6.07, 6.45) is 17.4.